The van der Waals surface area contributed by atoms with Gasteiger partial charge in [0, 0.05) is 23.2 Å². The van der Waals surface area contributed by atoms with E-state index in [0.29, 0.717) is 17.8 Å². The Labute approximate surface area is 171 Å². The van der Waals surface area contributed by atoms with Crippen LogP contribution in [0.15, 0.2) is 60.9 Å². The minimum atomic E-state index is -0.0810. The number of nitrogens with zero attached hydrogens (tertiary/aromatic N) is 3. The molecule has 6 nitrogen and oxygen atoms in total. The highest BCUT2D eigenvalue weighted by Crippen LogP contribution is 2.24. The second kappa shape index (κ2) is 9.80. The number of carbonyl (C=O) groups excluding carboxylic acids is 1. The fourth-order valence-electron chi connectivity index (χ4n) is 2.95. The summed E-state index contributed by atoms with van der Waals surface area (Å²) in [5.74, 6) is 0.685. The summed E-state index contributed by atoms with van der Waals surface area (Å²) in [5, 5.41) is 2.97. The van der Waals surface area contributed by atoms with Gasteiger partial charge in [-0.1, -0.05) is 24.3 Å². The predicted octanol–water partition coefficient (Wildman–Crippen LogP) is 3.50. The fourth-order valence-corrected chi connectivity index (χ4v) is 2.95. The number of aromatic nitrogens is 2. The predicted molar refractivity (Wildman–Crippen MR) is 115 cm³/mol. The molecule has 1 heterocycles. The second-order valence-corrected chi connectivity index (χ2v) is 7.02. The van der Waals surface area contributed by atoms with Crippen molar-refractivity contribution in [3.8, 4) is 28.3 Å². The van der Waals surface area contributed by atoms with Gasteiger partial charge < -0.3 is 15.0 Å². The highest BCUT2D eigenvalue weighted by atomic mass is 16.5. The first-order valence-electron chi connectivity index (χ1n) is 9.56. The summed E-state index contributed by atoms with van der Waals surface area (Å²) in [4.78, 5) is 23.6. The van der Waals surface area contributed by atoms with Crippen LogP contribution in [0.3, 0.4) is 0 Å². The zero-order valence-corrected chi connectivity index (χ0v) is 17.1. The lowest BCUT2D eigenvalue weighted by Gasteiger charge is -2.10. The van der Waals surface area contributed by atoms with Gasteiger partial charge in [-0.15, -0.1) is 0 Å². The van der Waals surface area contributed by atoms with Gasteiger partial charge in [0.15, 0.2) is 0 Å². The smallest absolute Gasteiger partial charge is 0.251 e. The van der Waals surface area contributed by atoms with Crippen LogP contribution in [0.4, 0.5) is 0 Å². The minimum absolute atomic E-state index is 0.0810. The van der Waals surface area contributed by atoms with Crippen LogP contribution in [0.25, 0.3) is 22.5 Å². The number of carbonyl (C=O) groups is 1. The van der Waals surface area contributed by atoms with Crippen molar-refractivity contribution >= 4 is 5.91 Å². The molecule has 29 heavy (non-hydrogen) atoms. The van der Waals surface area contributed by atoms with Crippen molar-refractivity contribution in [1.82, 2.24) is 20.2 Å². The zero-order chi connectivity index (χ0) is 20.6. The summed E-state index contributed by atoms with van der Waals surface area (Å²) in [7, 11) is 5.68. The number of hydrogen-bond donors (Lipinski definition) is 1. The van der Waals surface area contributed by atoms with E-state index in [2.05, 4.69) is 15.2 Å². The van der Waals surface area contributed by atoms with Crippen molar-refractivity contribution in [2.24, 2.45) is 0 Å². The van der Waals surface area contributed by atoms with Crippen LogP contribution in [0.1, 0.15) is 16.8 Å². The summed E-state index contributed by atoms with van der Waals surface area (Å²) in [6.07, 6.45) is 4.34. The van der Waals surface area contributed by atoms with Crippen molar-refractivity contribution in [3.05, 3.63) is 66.5 Å². The molecule has 1 amide bonds. The SMILES string of the molecule is COc1cccc(-c2cncc(-c3cccc(C(=O)NCCCN(C)C)c3)n2)c1. The van der Waals surface area contributed by atoms with Gasteiger partial charge in [-0.25, -0.2) is 4.98 Å². The number of rotatable bonds is 8. The Morgan fingerprint density at radius 2 is 1.72 bits per heavy atom. The van der Waals surface area contributed by atoms with Gasteiger partial charge in [0.25, 0.3) is 5.91 Å². The number of ether oxygens (including phenoxy) is 1. The number of nitrogens with one attached hydrogen (secondary N) is 1. The van der Waals surface area contributed by atoms with Crippen LogP contribution >= 0.6 is 0 Å². The Morgan fingerprint density at radius 1 is 1.03 bits per heavy atom. The highest BCUT2D eigenvalue weighted by Gasteiger charge is 2.09. The standard InChI is InChI=1S/C23H26N4O2/c1-27(2)12-6-11-25-23(28)19-9-4-7-17(13-19)21-15-24-16-22(26-21)18-8-5-10-20(14-18)29-3/h4-5,7-10,13-16H,6,11-12H2,1-3H3,(H,25,28). The Kier molecular flexibility index (Phi) is 6.92. The van der Waals surface area contributed by atoms with Crippen LogP contribution in [-0.2, 0) is 0 Å². The minimum Gasteiger partial charge on any atom is -0.497 e. The van der Waals surface area contributed by atoms with Crippen molar-refractivity contribution in [3.63, 3.8) is 0 Å². The van der Waals surface area contributed by atoms with Crippen LogP contribution < -0.4 is 10.1 Å². The van der Waals surface area contributed by atoms with Gasteiger partial charge in [0.1, 0.15) is 5.75 Å². The molecule has 0 bridgehead atoms. The maximum absolute atomic E-state index is 12.5. The first kappa shape index (κ1) is 20.5. The third kappa shape index (κ3) is 5.62. The number of methoxy groups -OCH3 is 1. The third-order valence-electron chi connectivity index (χ3n) is 4.49. The molecule has 0 aliphatic rings. The van der Waals surface area contributed by atoms with E-state index < -0.39 is 0 Å². The maximum Gasteiger partial charge on any atom is 0.251 e. The molecule has 3 rings (SSSR count). The number of benzene rings is 2. The second-order valence-electron chi connectivity index (χ2n) is 7.02. The molecule has 0 saturated carbocycles. The molecule has 0 saturated heterocycles. The molecule has 0 atom stereocenters. The van der Waals surface area contributed by atoms with Crippen molar-refractivity contribution in [2.45, 2.75) is 6.42 Å². The molecule has 0 unspecified atom stereocenters. The fraction of sp³-hybridized carbons (Fsp3) is 0.261. The van der Waals surface area contributed by atoms with Gasteiger partial charge in [-0.3, -0.25) is 9.78 Å². The molecule has 0 fully saturated rings. The first-order valence-corrected chi connectivity index (χ1v) is 9.56. The molecular weight excluding hydrogens is 364 g/mol. The molecule has 0 radical (unpaired) electrons. The molecule has 0 aliphatic carbocycles. The Bertz CT molecular complexity index is 972. The molecule has 0 aliphatic heterocycles. The third-order valence-corrected chi connectivity index (χ3v) is 4.49. The van der Waals surface area contributed by atoms with Crippen LogP contribution in [-0.4, -0.2) is 55.1 Å². The lowest BCUT2D eigenvalue weighted by Crippen LogP contribution is -2.27. The van der Waals surface area contributed by atoms with E-state index in [1.807, 2.05) is 62.6 Å². The van der Waals surface area contributed by atoms with Gasteiger partial charge in [0.2, 0.25) is 0 Å². The number of amides is 1. The molecule has 0 spiro atoms. The highest BCUT2D eigenvalue weighted by molar-refractivity contribution is 5.95. The van der Waals surface area contributed by atoms with Crippen LogP contribution in [0.2, 0.25) is 0 Å². The summed E-state index contributed by atoms with van der Waals surface area (Å²) in [6, 6.07) is 15.2. The van der Waals surface area contributed by atoms with Crippen molar-refractivity contribution in [2.75, 3.05) is 34.3 Å². The van der Waals surface area contributed by atoms with Crippen LogP contribution in [0.5, 0.6) is 5.75 Å². The molecule has 1 N–H and O–H groups in total. The van der Waals surface area contributed by atoms with E-state index in [9.17, 15) is 4.79 Å². The van der Waals surface area contributed by atoms with E-state index in [0.717, 1.165) is 35.5 Å². The van der Waals surface area contributed by atoms with Crippen LogP contribution in [0, 0.1) is 0 Å². The lowest BCUT2D eigenvalue weighted by atomic mass is 10.1. The quantitative estimate of drug-likeness (QED) is 0.596. The maximum atomic E-state index is 12.5. The molecule has 1 aromatic heterocycles. The summed E-state index contributed by atoms with van der Waals surface area (Å²) < 4.78 is 5.29. The number of hydrogen-bond acceptors (Lipinski definition) is 5. The van der Waals surface area contributed by atoms with E-state index >= 15 is 0 Å². The van der Waals surface area contributed by atoms with E-state index in [4.69, 9.17) is 9.72 Å². The molecule has 2 aromatic carbocycles. The Morgan fingerprint density at radius 3 is 2.41 bits per heavy atom. The summed E-state index contributed by atoms with van der Waals surface area (Å²) in [5.41, 5.74) is 3.85. The monoisotopic (exact) mass is 390 g/mol. The van der Waals surface area contributed by atoms with Gasteiger partial charge in [0.05, 0.1) is 30.9 Å². The molecular formula is C23H26N4O2. The topological polar surface area (TPSA) is 67.3 Å². The average molecular weight is 390 g/mol. The van der Waals surface area contributed by atoms with Crippen molar-refractivity contribution in [1.29, 1.82) is 0 Å². The molecule has 150 valence electrons. The summed E-state index contributed by atoms with van der Waals surface area (Å²) in [6.45, 7) is 1.58. The lowest BCUT2D eigenvalue weighted by molar-refractivity contribution is 0.0952. The van der Waals surface area contributed by atoms with E-state index in [1.54, 1.807) is 19.5 Å². The van der Waals surface area contributed by atoms with Gasteiger partial charge >= 0.3 is 0 Å². The zero-order valence-electron chi connectivity index (χ0n) is 17.1. The Hall–Kier alpha value is -3.25. The summed E-state index contributed by atoms with van der Waals surface area (Å²) >= 11 is 0. The normalized spacial score (nSPS) is 10.8. The average Bonchev–Trinajstić information content (AvgIpc) is 2.76. The van der Waals surface area contributed by atoms with Gasteiger partial charge in [-0.2, -0.15) is 0 Å². The molecule has 3 aromatic rings. The Balaban J connectivity index is 1.77. The molecule has 6 heteroatoms. The van der Waals surface area contributed by atoms with Crippen molar-refractivity contribution < 1.29 is 9.53 Å². The first-order chi connectivity index (χ1) is 14.1. The van der Waals surface area contributed by atoms with Gasteiger partial charge in [-0.05, 0) is 51.3 Å². The van der Waals surface area contributed by atoms with E-state index in [1.165, 1.54) is 0 Å². The largest absolute Gasteiger partial charge is 0.497 e. The van der Waals surface area contributed by atoms with E-state index in [-0.39, 0.29) is 5.91 Å².